The van der Waals surface area contributed by atoms with E-state index in [0.717, 1.165) is 0 Å². The number of carbonyl (C=O) groups is 1. The van der Waals surface area contributed by atoms with Gasteiger partial charge in [0, 0.05) is 13.5 Å². The van der Waals surface area contributed by atoms with Gasteiger partial charge < -0.3 is 5.32 Å². The van der Waals surface area contributed by atoms with Crippen molar-refractivity contribution in [1.29, 1.82) is 5.26 Å². The predicted octanol–water partition coefficient (Wildman–Crippen LogP) is 0.282. The molecule has 1 atom stereocenters. The molecule has 0 aliphatic heterocycles. The Hall–Kier alpha value is -1.04. The van der Waals surface area contributed by atoms with Gasteiger partial charge in [0.05, 0.1) is 12.0 Å². The van der Waals surface area contributed by atoms with Crippen LogP contribution in [0, 0.1) is 17.2 Å². The molecule has 0 aromatic heterocycles. The largest absolute Gasteiger partial charge is 0.359 e. The molecule has 0 rings (SSSR count). The lowest BCUT2D eigenvalue weighted by Crippen LogP contribution is -2.19. The summed E-state index contributed by atoms with van der Waals surface area (Å²) in [5, 5.41) is 10.7. The van der Waals surface area contributed by atoms with Gasteiger partial charge in [-0.05, 0) is 6.92 Å². The van der Waals surface area contributed by atoms with Crippen molar-refractivity contribution in [2.45, 2.75) is 13.3 Å². The maximum Gasteiger partial charge on any atom is 0.221 e. The van der Waals surface area contributed by atoms with Crippen LogP contribution < -0.4 is 5.32 Å². The Bertz CT molecular complexity index is 136. The van der Waals surface area contributed by atoms with Crippen LogP contribution in [0.15, 0.2) is 0 Å². The lowest BCUT2D eigenvalue weighted by Gasteiger charge is -1.98. The van der Waals surface area contributed by atoms with E-state index in [4.69, 9.17) is 5.26 Å². The lowest BCUT2D eigenvalue weighted by atomic mass is 10.1. The van der Waals surface area contributed by atoms with Gasteiger partial charge in [-0.2, -0.15) is 5.26 Å². The van der Waals surface area contributed by atoms with Gasteiger partial charge in [0.2, 0.25) is 5.91 Å². The van der Waals surface area contributed by atoms with Crippen molar-refractivity contribution >= 4 is 5.91 Å². The summed E-state index contributed by atoms with van der Waals surface area (Å²) >= 11 is 0. The van der Waals surface area contributed by atoms with Crippen LogP contribution in [0.5, 0.6) is 0 Å². The fourth-order valence-corrected chi connectivity index (χ4v) is 0.426. The third-order valence-electron chi connectivity index (χ3n) is 0.991. The molecule has 0 bridgehead atoms. The first-order valence-electron chi connectivity index (χ1n) is 2.81. The molecule has 3 nitrogen and oxygen atoms in total. The van der Waals surface area contributed by atoms with Crippen LogP contribution >= 0.6 is 0 Å². The van der Waals surface area contributed by atoms with Crippen LogP contribution in [0.4, 0.5) is 0 Å². The number of carbonyl (C=O) groups excluding carboxylic acids is 1. The molecular formula is C6H10N2O. The maximum absolute atomic E-state index is 10.5. The lowest BCUT2D eigenvalue weighted by molar-refractivity contribution is -0.121. The molecule has 50 valence electrons. The van der Waals surface area contributed by atoms with Crippen LogP contribution in [-0.2, 0) is 4.79 Å². The fraction of sp³-hybridized carbons (Fsp3) is 0.667. The third kappa shape index (κ3) is 3.53. The average Bonchev–Trinajstić information content (AvgIpc) is 1.87. The second kappa shape index (κ2) is 3.90. The van der Waals surface area contributed by atoms with E-state index >= 15 is 0 Å². The minimum atomic E-state index is -0.176. The van der Waals surface area contributed by atoms with Gasteiger partial charge in [-0.1, -0.05) is 0 Å². The fourth-order valence-electron chi connectivity index (χ4n) is 0.426. The zero-order valence-electron chi connectivity index (χ0n) is 5.64. The number of nitrogens with zero attached hydrogens (tertiary/aromatic N) is 1. The number of hydrogen-bond acceptors (Lipinski definition) is 2. The number of nitrogens with one attached hydrogen (secondary N) is 1. The van der Waals surface area contributed by atoms with Crippen LogP contribution in [0.2, 0.25) is 0 Å². The zero-order valence-corrected chi connectivity index (χ0v) is 5.64. The minimum absolute atomic E-state index is 0.0796. The van der Waals surface area contributed by atoms with Gasteiger partial charge >= 0.3 is 0 Å². The second-order valence-corrected chi connectivity index (χ2v) is 1.91. The van der Waals surface area contributed by atoms with E-state index in [2.05, 4.69) is 5.32 Å². The summed E-state index contributed by atoms with van der Waals surface area (Å²) in [6, 6.07) is 1.97. The summed E-state index contributed by atoms with van der Waals surface area (Å²) < 4.78 is 0. The van der Waals surface area contributed by atoms with Gasteiger partial charge in [-0.15, -0.1) is 0 Å². The van der Waals surface area contributed by atoms with E-state index in [1.807, 2.05) is 6.07 Å². The van der Waals surface area contributed by atoms with Gasteiger partial charge in [0.1, 0.15) is 0 Å². The first-order valence-corrected chi connectivity index (χ1v) is 2.81. The average molecular weight is 126 g/mol. The molecule has 0 fully saturated rings. The Morgan fingerprint density at radius 3 is 2.78 bits per heavy atom. The highest BCUT2D eigenvalue weighted by atomic mass is 16.1. The molecule has 0 saturated heterocycles. The number of nitriles is 1. The van der Waals surface area contributed by atoms with E-state index in [9.17, 15) is 4.79 Å². The van der Waals surface area contributed by atoms with Crippen LogP contribution in [0.25, 0.3) is 0 Å². The van der Waals surface area contributed by atoms with Crippen LogP contribution in [0.1, 0.15) is 13.3 Å². The molecule has 0 heterocycles. The van der Waals surface area contributed by atoms with E-state index in [1.165, 1.54) is 0 Å². The third-order valence-corrected chi connectivity index (χ3v) is 0.991. The van der Waals surface area contributed by atoms with Crippen molar-refractivity contribution in [3.8, 4) is 6.07 Å². The van der Waals surface area contributed by atoms with Crippen LogP contribution in [-0.4, -0.2) is 13.0 Å². The summed E-state index contributed by atoms with van der Waals surface area (Å²) in [5.41, 5.74) is 0. The quantitative estimate of drug-likeness (QED) is 0.577. The van der Waals surface area contributed by atoms with Crippen molar-refractivity contribution in [2.24, 2.45) is 5.92 Å². The van der Waals surface area contributed by atoms with Crippen LogP contribution in [0.3, 0.4) is 0 Å². The highest BCUT2D eigenvalue weighted by molar-refractivity contribution is 5.75. The molecule has 0 aliphatic rings. The zero-order chi connectivity index (χ0) is 7.28. The van der Waals surface area contributed by atoms with Gasteiger partial charge in [0.25, 0.3) is 0 Å². The van der Waals surface area contributed by atoms with Gasteiger partial charge in [0.15, 0.2) is 0 Å². The van der Waals surface area contributed by atoms with E-state index in [-0.39, 0.29) is 11.8 Å². The highest BCUT2D eigenvalue weighted by Crippen LogP contribution is 1.97. The first-order chi connectivity index (χ1) is 4.20. The van der Waals surface area contributed by atoms with Crippen molar-refractivity contribution < 1.29 is 4.79 Å². The molecule has 0 spiro atoms. The van der Waals surface area contributed by atoms with Crippen molar-refractivity contribution in [1.82, 2.24) is 5.32 Å². The molecule has 0 aromatic carbocycles. The van der Waals surface area contributed by atoms with Gasteiger partial charge in [-0.25, -0.2) is 0 Å². The predicted molar refractivity (Wildman–Crippen MR) is 33.5 cm³/mol. The molecular weight excluding hydrogens is 116 g/mol. The Kier molecular flexibility index (Phi) is 3.45. The molecule has 0 radical (unpaired) electrons. The molecule has 0 saturated carbocycles. The Labute approximate surface area is 54.7 Å². The number of hydrogen-bond donors (Lipinski definition) is 1. The van der Waals surface area contributed by atoms with Crippen molar-refractivity contribution in [3.05, 3.63) is 0 Å². The monoisotopic (exact) mass is 126 g/mol. The molecule has 1 N–H and O–H groups in total. The summed E-state index contributed by atoms with van der Waals surface area (Å²) in [6.45, 7) is 1.72. The van der Waals surface area contributed by atoms with Gasteiger partial charge in [-0.3, -0.25) is 4.79 Å². The molecule has 1 amide bonds. The minimum Gasteiger partial charge on any atom is -0.359 e. The molecule has 3 heteroatoms. The summed E-state index contributed by atoms with van der Waals surface area (Å²) in [7, 11) is 1.56. The Morgan fingerprint density at radius 1 is 1.89 bits per heavy atom. The standard InChI is InChI=1S/C6H10N2O/c1-5(4-7)3-6(9)8-2/h5H,3H2,1-2H3,(H,8,9). The molecule has 0 aliphatic carbocycles. The first kappa shape index (κ1) is 7.96. The van der Waals surface area contributed by atoms with E-state index in [0.29, 0.717) is 6.42 Å². The molecule has 0 aromatic rings. The SMILES string of the molecule is CNC(=O)CC(C)C#N. The number of amides is 1. The normalized spacial score (nSPS) is 11.7. The van der Waals surface area contributed by atoms with Crippen molar-refractivity contribution in [3.63, 3.8) is 0 Å². The Morgan fingerprint density at radius 2 is 2.44 bits per heavy atom. The highest BCUT2D eigenvalue weighted by Gasteiger charge is 2.04. The summed E-state index contributed by atoms with van der Waals surface area (Å²) in [4.78, 5) is 10.5. The summed E-state index contributed by atoms with van der Waals surface area (Å²) in [5.74, 6) is -0.256. The van der Waals surface area contributed by atoms with Crippen molar-refractivity contribution in [2.75, 3.05) is 7.05 Å². The smallest absolute Gasteiger partial charge is 0.221 e. The summed E-state index contributed by atoms with van der Waals surface area (Å²) in [6.07, 6.45) is 0.299. The molecule has 1 unspecified atom stereocenters. The number of rotatable bonds is 2. The Balaban J connectivity index is 3.50. The van der Waals surface area contributed by atoms with E-state index in [1.54, 1.807) is 14.0 Å². The molecule has 9 heavy (non-hydrogen) atoms. The topological polar surface area (TPSA) is 52.9 Å². The second-order valence-electron chi connectivity index (χ2n) is 1.91. The maximum atomic E-state index is 10.5. The van der Waals surface area contributed by atoms with E-state index < -0.39 is 0 Å².